The third-order valence-corrected chi connectivity index (χ3v) is 5.13. The van der Waals surface area contributed by atoms with Crippen LogP contribution in [0.15, 0.2) is 51.4 Å². The second-order valence-electron chi connectivity index (χ2n) is 6.41. The Kier molecular flexibility index (Phi) is 4.36. The molecular weight excluding hydrogens is 380 g/mol. The highest BCUT2D eigenvalue weighted by molar-refractivity contribution is 9.10. The van der Waals surface area contributed by atoms with E-state index >= 15 is 0 Å². The third kappa shape index (κ3) is 3.34. The van der Waals surface area contributed by atoms with Crippen LogP contribution in [0.1, 0.15) is 23.2 Å². The molecule has 2 aromatic carbocycles. The van der Waals surface area contributed by atoms with Gasteiger partial charge >= 0.3 is 0 Å². The van der Waals surface area contributed by atoms with E-state index in [0.717, 1.165) is 45.6 Å². The van der Waals surface area contributed by atoms with Crippen molar-refractivity contribution in [3.8, 4) is 11.3 Å². The van der Waals surface area contributed by atoms with Crippen molar-refractivity contribution in [2.75, 3.05) is 5.32 Å². The first-order chi connectivity index (χ1) is 12.1. The zero-order chi connectivity index (χ0) is 17.4. The van der Waals surface area contributed by atoms with Crippen molar-refractivity contribution in [1.29, 1.82) is 0 Å². The van der Waals surface area contributed by atoms with Crippen LogP contribution in [0.5, 0.6) is 0 Å². The van der Waals surface area contributed by atoms with Crippen LogP contribution in [0.2, 0.25) is 0 Å². The Bertz CT molecular complexity index is 903. The number of aromatic nitrogens is 1. The van der Waals surface area contributed by atoms with Gasteiger partial charge in [-0.3, -0.25) is 0 Å². The van der Waals surface area contributed by atoms with Gasteiger partial charge in [0.1, 0.15) is 0 Å². The van der Waals surface area contributed by atoms with Gasteiger partial charge in [0.15, 0.2) is 5.76 Å². The molecule has 0 spiro atoms. The number of aliphatic hydroxyl groups excluding tert-OH is 1. The van der Waals surface area contributed by atoms with Gasteiger partial charge in [-0.25, -0.2) is 0 Å². The van der Waals surface area contributed by atoms with Gasteiger partial charge in [0.25, 0.3) is 6.01 Å². The molecule has 4 nitrogen and oxygen atoms in total. The number of hydrogen-bond donors (Lipinski definition) is 2. The zero-order valence-corrected chi connectivity index (χ0v) is 15.5. The Morgan fingerprint density at radius 3 is 2.80 bits per heavy atom. The maximum atomic E-state index is 10.00. The van der Waals surface area contributed by atoms with Crippen LogP contribution in [0, 0.1) is 6.92 Å². The summed E-state index contributed by atoms with van der Waals surface area (Å²) in [5.74, 6) is 0.764. The van der Waals surface area contributed by atoms with E-state index in [-0.39, 0.29) is 6.10 Å². The number of aryl methyl sites for hydroxylation is 2. The summed E-state index contributed by atoms with van der Waals surface area (Å²) < 4.78 is 6.99. The highest BCUT2D eigenvalue weighted by Gasteiger charge is 2.20. The number of hydrogen-bond acceptors (Lipinski definition) is 4. The van der Waals surface area contributed by atoms with E-state index < -0.39 is 0 Å². The van der Waals surface area contributed by atoms with Gasteiger partial charge in [-0.05, 0) is 49.1 Å². The molecule has 5 heteroatoms. The third-order valence-electron chi connectivity index (χ3n) is 4.60. The molecule has 0 bridgehead atoms. The maximum Gasteiger partial charge on any atom is 0.299 e. The van der Waals surface area contributed by atoms with Crippen molar-refractivity contribution in [2.45, 2.75) is 32.3 Å². The number of oxazole rings is 1. The van der Waals surface area contributed by atoms with E-state index in [1.165, 1.54) is 5.56 Å². The van der Waals surface area contributed by atoms with Gasteiger partial charge in [0.2, 0.25) is 0 Å². The number of benzene rings is 2. The molecule has 128 valence electrons. The number of halogens is 1. The highest BCUT2D eigenvalue weighted by atomic mass is 79.9. The lowest BCUT2D eigenvalue weighted by atomic mass is 9.88. The first-order valence-electron chi connectivity index (χ1n) is 8.39. The second kappa shape index (κ2) is 6.65. The molecular formula is C20H19BrN2O2. The summed E-state index contributed by atoms with van der Waals surface area (Å²) in [6.45, 7) is 1.94. The standard InChI is InChI=1S/C20H19BrN2O2/c1-12-19(14-5-8-15(21)9-6-14)25-20(22-12)23-18-4-2-3-13-7-10-16(24)11-17(13)18/h2-6,8-9,16,24H,7,10-11H2,1H3,(H,22,23). The van der Waals surface area contributed by atoms with Gasteiger partial charge in [0, 0.05) is 22.1 Å². The Hall–Kier alpha value is -2.11. The lowest BCUT2D eigenvalue weighted by Crippen LogP contribution is -2.19. The van der Waals surface area contributed by atoms with Gasteiger partial charge in [-0.15, -0.1) is 0 Å². The molecule has 0 amide bonds. The van der Waals surface area contributed by atoms with Crippen LogP contribution in [-0.4, -0.2) is 16.2 Å². The summed E-state index contributed by atoms with van der Waals surface area (Å²) in [6.07, 6.45) is 2.11. The van der Waals surface area contributed by atoms with Crippen molar-refractivity contribution in [3.63, 3.8) is 0 Å². The number of rotatable bonds is 3. The fourth-order valence-electron chi connectivity index (χ4n) is 3.32. The molecule has 1 aliphatic rings. The predicted octanol–water partition coefficient (Wildman–Crippen LogP) is 5.01. The molecule has 1 atom stereocenters. The van der Waals surface area contributed by atoms with Crippen molar-refractivity contribution in [2.24, 2.45) is 0 Å². The summed E-state index contributed by atoms with van der Waals surface area (Å²) in [4.78, 5) is 4.52. The monoisotopic (exact) mass is 398 g/mol. The van der Waals surface area contributed by atoms with Crippen molar-refractivity contribution >= 4 is 27.6 Å². The summed E-state index contributed by atoms with van der Waals surface area (Å²) in [6, 6.07) is 14.6. The van der Waals surface area contributed by atoms with E-state index in [2.05, 4.69) is 32.3 Å². The minimum atomic E-state index is -0.278. The Balaban J connectivity index is 1.64. The molecule has 3 aromatic rings. The first kappa shape index (κ1) is 16.4. The Morgan fingerprint density at radius 2 is 2.00 bits per heavy atom. The Morgan fingerprint density at radius 1 is 1.20 bits per heavy atom. The average Bonchev–Trinajstić information content (AvgIpc) is 2.96. The van der Waals surface area contributed by atoms with Gasteiger partial charge < -0.3 is 14.8 Å². The molecule has 4 rings (SSSR count). The van der Waals surface area contributed by atoms with E-state index in [9.17, 15) is 5.11 Å². The molecule has 0 saturated heterocycles. The predicted molar refractivity (Wildman–Crippen MR) is 102 cm³/mol. The highest BCUT2D eigenvalue weighted by Crippen LogP contribution is 2.32. The lowest BCUT2D eigenvalue weighted by Gasteiger charge is -2.23. The van der Waals surface area contributed by atoms with Crippen LogP contribution in [0.3, 0.4) is 0 Å². The van der Waals surface area contributed by atoms with E-state index in [1.807, 2.05) is 43.3 Å². The van der Waals surface area contributed by atoms with Crippen LogP contribution in [-0.2, 0) is 12.8 Å². The lowest BCUT2D eigenvalue weighted by molar-refractivity contribution is 0.159. The number of fused-ring (bicyclic) bond motifs is 1. The molecule has 1 heterocycles. The fourth-order valence-corrected chi connectivity index (χ4v) is 3.59. The average molecular weight is 399 g/mol. The summed E-state index contributed by atoms with van der Waals surface area (Å²) in [7, 11) is 0. The molecule has 0 fully saturated rings. The molecule has 1 aliphatic carbocycles. The molecule has 2 N–H and O–H groups in total. The molecule has 1 unspecified atom stereocenters. The van der Waals surface area contributed by atoms with E-state index in [1.54, 1.807) is 0 Å². The summed E-state index contributed by atoms with van der Waals surface area (Å²) >= 11 is 3.45. The van der Waals surface area contributed by atoms with Crippen LogP contribution in [0.4, 0.5) is 11.7 Å². The molecule has 25 heavy (non-hydrogen) atoms. The van der Waals surface area contributed by atoms with E-state index in [0.29, 0.717) is 12.4 Å². The minimum absolute atomic E-state index is 0.278. The minimum Gasteiger partial charge on any atom is -0.423 e. The first-order valence-corrected chi connectivity index (χ1v) is 9.18. The van der Waals surface area contributed by atoms with Crippen molar-refractivity contribution in [3.05, 3.63) is 63.8 Å². The molecule has 0 radical (unpaired) electrons. The topological polar surface area (TPSA) is 58.3 Å². The number of aliphatic hydroxyl groups is 1. The van der Waals surface area contributed by atoms with Crippen LogP contribution >= 0.6 is 15.9 Å². The summed E-state index contributed by atoms with van der Waals surface area (Å²) in [5, 5.41) is 13.3. The molecule has 0 saturated carbocycles. The SMILES string of the molecule is Cc1nc(Nc2cccc3c2CC(O)CC3)oc1-c1ccc(Br)cc1. The maximum absolute atomic E-state index is 10.00. The normalized spacial score (nSPS) is 16.5. The number of nitrogens with one attached hydrogen (secondary N) is 1. The Labute approximate surface area is 155 Å². The number of nitrogens with zero attached hydrogens (tertiary/aromatic N) is 1. The quantitative estimate of drug-likeness (QED) is 0.651. The van der Waals surface area contributed by atoms with Gasteiger partial charge in [-0.2, -0.15) is 4.98 Å². The van der Waals surface area contributed by atoms with Crippen LogP contribution in [0.25, 0.3) is 11.3 Å². The molecule has 0 aliphatic heterocycles. The van der Waals surface area contributed by atoms with Crippen molar-refractivity contribution in [1.82, 2.24) is 4.98 Å². The van der Waals surface area contributed by atoms with Gasteiger partial charge in [0.05, 0.1) is 11.8 Å². The number of anilines is 2. The van der Waals surface area contributed by atoms with E-state index in [4.69, 9.17) is 4.42 Å². The van der Waals surface area contributed by atoms with Crippen LogP contribution < -0.4 is 5.32 Å². The fraction of sp³-hybridized carbons (Fsp3) is 0.250. The van der Waals surface area contributed by atoms with Crippen molar-refractivity contribution < 1.29 is 9.52 Å². The second-order valence-corrected chi connectivity index (χ2v) is 7.32. The molecule has 1 aromatic heterocycles. The largest absolute Gasteiger partial charge is 0.423 e. The summed E-state index contributed by atoms with van der Waals surface area (Å²) in [5.41, 5.74) is 5.23. The smallest absolute Gasteiger partial charge is 0.299 e. The van der Waals surface area contributed by atoms with Gasteiger partial charge in [-0.1, -0.05) is 40.2 Å². The zero-order valence-electron chi connectivity index (χ0n) is 13.9.